The predicted molar refractivity (Wildman–Crippen MR) is 83.0 cm³/mol. The van der Waals surface area contributed by atoms with Crippen molar-refractivity contribution < 1.29 is 18.3 Å². The van der Waals surface area contributed by atoms with E-state index in [0.29, 0.717) is 11.1 Å². The Morgan fingerprint density at radius 1 is 1.29 bits per heavy atom. The second-order valence-corrected chi connectivity index (χ2v) is 8.48. The Bertz CT molecular complexity index is 661. The zero-order valence-corrected chi connectivity index (χ0v) is 14.1. The number of sulfonamides is 1. The fourth-order valence-electron chi connectivity index (χ4n) is 2.85. The lowest BCUT2D eigenvalue weighted by atomic mass is 10.1. The van der Waals surface area contributed by atoms with E-state index in [-0.39, 0.29) is 16.0 Å². The molecule has 21 heavy (non-hydrogen) atoms. The van der Waals surface area contributed by atoms with Crippen molar-refractivity contribution in [3.63, 3.8) is 0 Å². The largest absolute Gasteiger partial charge is 0.480 e. The minimum Gasteiger partial charge on any atom is -0.480 e. The van der Waals surface area contributed by atoms with E-state index < -0.39 is 22.0 Å². The summed E-state index contributed by atoms with van der Waals surface area (Å²) in [6, 6.07) is 2.61. The van der Waals surface area contributed by atoms with Crippen LogP contribution in [0, 0.1) is 20.8 Å². The zero-order chi connectivity index (χ0) is 15.9. The summed E-state index contributed by atoms with van der Waals surface area (Å²) >= 11 is 1.34. The lowest BCUT2D eigenvalue weighted by molar-refractivity contribution is -0.140. The highest BCUT2D eigenvalue weighted by atomic mass is 32.2. The molecule has 1 fully saturated rings. The number of nitrogens with zero attached hydrogens (tertiary/aromatic N) is 1. The second-order valence-electron chi connectivity index (χ2n) is 5.35. The van der Waals surface area contributed by atoms with Crippen LogP contribution >= 0.6 is 11.8 Å². The maximum atomic E-state index is 13.0. The lowest BCUT2D eigenvalue weighted by Crippen LogP contribution is -2.45. The van der Waals surface area contributed by atoms with Gasteiger partial charge < -0.3 is 5.11 Å². The van der Waals surface area contributed by atoms with E-state index in [0.717, 1.165) is 9.87 Å². The topological polar surface area (TPSA) is 74.7 Å². The van der Waals surface area contributed by atoms with Gasteiger partial charge in [0.25, 0.3) is 0 Å². The third kappa shape index (κ3) is 2.82. The van der Waals surface area contributed by atoms with Crippen LogP contribution in [0.4, 0.5) is 0 Å². The van der Waals surface area contributed by atoms with Gasteiger partial charge in [0.05, 0.1) is 10.3 Å². The van der Waals surface area contributed by atoms with Gasteiger partial charge in [0, 0.05) is 5.75 Å². The molecule has 1 aliphatic heterocycles. The summed E-state index contributed by atoms with van der Waals surface area (Å²) in [7, 11) is -3.83. The van der Waals surface area contributed by atoms with Gasteiger partial charge in [-0.3, -0.25) is 4.79 Å². The standard InChI is InChI=1S/C14H19NO4S2/c1-8-5-9(2)13(10(3)6-8)21(18,19)15-11(4)20-7-12(15)14(16)17/h5-6,11-12H,7H2,1-4H3,(H,16,17). The Kier molecular flexibility index (Phi) is 4.37. The average Bonchev–Trinajstić information content (AvgIpc) is 2.69. The van der Waals surface area contributed by atoms with Crippen LogP contribution < -0.4 is 0 Å². The number of aliphatic carboxylic acids is 1. The molecule has 1 aromatic carbocycles. The van der Waals surface area contributed by atoms with Gasteiger partial charge in [0.15, 0.2) is 0 Å². The quantitative estimate of drug-likeness (QED) is 0.919. The fourth-order valence-corrected chi connectivity index (χ4v) is 6.56. The number of carboxylic acid groups (broad SMARTS) is 1. The van der Waals surface area contributed by atoms with Crippen LogP contribution in [0.1, 0.15) is 23.6 Å². The predicted octanol–water partition coefficient (Wildman–Crippen LogP) is 2.15. The number of aryl methyl sites for hydroxylation is 3. The van der Waals surface area contributed by atoms with E-state index in [1.807, 2.05) is 19.1 Å². The minimum absolute atomic E-state index is 0.230. The maximum Gasteiger partial charge on any atom is 0.322 e. The number of hydrogen-bond acceptors (Lipinski definition) is 4. The molecular formula is C14H19NO4S2. The normalized spacial score (nSPS) is 23.4. The summed E-state index contributed by atoms with van der Waals surface area (Å²) in [4.78, 5) is 11.6. The van der Waals surface area contributed by atoms with E-state index in [1.54, 1.807) is 20.8 Å². The van der Waals surface area contributed by atoms with Crippen molar-refractivity contribution in [2.24, 2.45) is 0 Å². The molecule has 1 aromatic rings. The van der Waals surface area contributed by atoms with Crippen LogP contribution in [-0.2, 0) is 14.8 Å². The molecule has 5 nitrogen and oxygen atoms in total. The van der Waals surface area contributed by atoms with E-state index in [2.05, 4.69) is 0 Å². The molecule has 116 valence electrons. The van der Waals surface area contributed by atoms with E-state index in [9.17, 15) is 18.3 Å². The van der Waals surface area contributed by atoms with E-state index in [4.69, 9.17) is 0 Å². The van der Waals surface area contributed by atoms with Crippen LogP contribution in [-0.4, -0.2) is 41.0 Å². The first-order valence-electron chi connectivity index (χ1n) is 6.62. The zero-order valence-electron chi connectivity index (χ0n) is 12.5. The van der Waals surface area contributed by atoms with Gasteiger partial charge in [-0.1, -0.05) is 17.7 Å². The van der Waals surface area contributed by atoms with Crippen molar-refractivity contribution in [3.8, 4) is 0 Å². The third-order valence-electron chi connectivity index (χ3n) is 3.59. The molecule has 2 rings (SSSR count). The molecule has 2 unspecified atom stereocenters. The molecule has 7 heteroatoms. The maximum absolute atomic E-state index is 13.0. The summed E-state index contributed by atoms with van der Waals surface area (Å²) in [5, 5.41) is 8.90. The summed E-state index contributed by atoms with van der Waals surface area (Å²) in [5.41, 5.74) is 2.30. The molecule has 1 N–H and O–H groups in total. The number of rotatable bonds is 3. The number of thioether (sulfide) groups is 1. The van der Waals surface area contributed by atoms with Crippen molar-refractivity contribution in [2.45, 2.75) is 44.0 Å². The van der Waals surface area contributed by atoms with Gasteiger partial charge in [0.2, 0.25) is 10.0 Å². The summed E-state index contributed by atoms with van der Waals surface area (Å²) in [5.74, 6) is -0.822. The van der Waals surface area contributed by atoms with Gasteiger partial charge in [0.1, 0.15) is 6.04 Å². The van der Waals surface area contributed by atoms with Crippen molar-refractivity contribution in [1.29, 1.82) is 0 Å². The molecule has 0 spiro atoms. The molecule has 1 heterocycles. The lowest BCUT2D eigenvalue weighted by Gasteiger charge is -2.26. The van der Waals surface area contributed by atoms with Crippen molar-refractivity contribution in [3.05, 3.63) is 28.8 Å². The van der Waals surface area contributed by atoms with Gasteiger partial charge in [-0.15, -0.1) is 11.8 Å². The number of benzene rings is 1. The fraction of sp³-hybridized carbons (Fsp3) is 0.500. The summed E-state index contributed by atoms with van der Waals surface area (Å²) < 4.78 is 27.1. The Hall–Kier alpha value is -1.05. The highest BCUT2D eigenvalue weighted by Gasteiger charge is 2.45. The molecule has 0 aromatic heterocycles. The monoisotopic (exact) mass is 329 g/mol. The van der Waals surface area contributed by atoms with Crippen LogP contribution in [0.25, 0.3) is 0 Å². The highest BCUT2D eigenvalue weighted by molar-refractivity contribution is 8.01. The molecule has 0 amide bonds. The number of carboxylic acids is 1. The van der Waals surface area contributed by atoms with Crippen LogP contribution in [0.3, 0.4) is 0 Å². The van der Waals surface area contributed by atoms with Crippen LogP contribution in [0.15, 0.2) is 17.0 Å². The SMILES string of the molecule is Cc1cc(C)c(S(=O)(=O)N2C(C)SCC2C(=O)O)c(C)c1. The van der Waals surface area contributed by atoms with Gasteiger partial charge >= 0.3 is 5.97 Å². The van der Waals surface area contributed by atoms with Gasteiger partial charge in [-0.05, 0) is 38.8 Å². The average molecular weight is 329 g/mol. The smallest absolute Gasteiger partial charge is 0.322 e. The molecule has 1 saturated heterocycles. The highest BCUT2D eigenvalue weighted by Crippen LogP contribution is 2.36. The molecule has 0 radical (unpaired) electrons. The number of hydrogen-bond donors (Lipinski definition) is 1. The van der Waals surface area contributed by atoms with Gasteiger partial charge in [-0.2, -0.15) is 4.31 Å². The molecule has 0 bridgehead atoms. The second kappa shape index (κ2) is 5.62. The Balaban J connectivity index is 2.59. The molecule has 0 aliphatic carbocycles. The Morgan fingerprint density at radius 3 is 2.29 bits per heavy atom. The van der Waals surface area contributed by atoms with Crippen LogP contribution in [0.2, 0.25) is 0 Å². The molecule has 0 saturated carbocycles. The summed E-state index contributed by atoms with van der Waals surface area (Å²) in [6.07, 6.45) is 0. The number of carbonyl (C=O) groups is 1. The van der Waals surface area contributed by atoms with Crippen molar-refractivity contribution in [1.82, 2.24) is 4.31 Å². The first-order chi connectivity index (χ1) is 9.66. The Labute approximate surface area is 129 Å². The first kappa shape index (κ1) is 16.3. The molecule has 1 aliphatic rings. The first-order valence-corrected chi connectivity index (χ1v) is 9.11. The third-order valence-corrected chi connectivity index (χ3v) is 7.22. The van der Waals surface area contributed by atoms with Crippen molar-refractivity contribution in [2.75, 3.05) is 5.75 Å². The Morgan fingerprint density at radius 2 is 1.81 bits per heavy atom. The molecule has 2 atom stereocenters. The van der Waals surface area contributed by atoms with E-state index >= 15 is 0 Å². The summed E-state index contributed by atoms with van der Waals surface area (Å²) in [6.45, 7) is 7.13. The van der Waals surface area contributed by atoms with Crippen molar-refractivity contribution >= 4 is 27.8 Å². The van der Waals surface area contributed by atoms with Gasteiger partial charge in [-0.25, -0.2) is 8.42 Å². The minimum atomic E-state index is -3.83. The molecular weight excluding hydrogens is 310 g/mol. The van der Waals surface area contributed by atoms with E-state index in [1.165, 1.54) is 11.8 Å². The van der Waals surface area contributed by atoms with Crippen LogP contribution in [0.5, 0.6) is 0 Å².